The van der Waals surface area contributed by atoms with Crippen molar-refractivity contribution < 1.29 is 9.59 Å². The van der Waals surface area contributed by atoms with Crippen LogP contribution in [0.5, 0.6) is 0 Å². The molecule has 0 aliphatic carbocycles. The summed E-state index contributed by atoms with van der Waals surface area (Å²) < 4.78 is 1.17. The summed E-state index contributed by atoms with van der Waals surface area (Å²) in [6, 6.07) is 7.12. The number of rotatable bonds is 5. The Morgan fingerprint density at radius 1 is 1.29 bits per heavy atom. The van der Waals surface area contributed by atoms with E-state index in [1.807, 2.05) is 43.5 Å². The standard InChI is InChI=1S/C15H19N3O2S/c1-9(2)14(16)15(20)17-8-13(19)18-11-3-4-12-10(7-11)5-6-21-12/h3-7,9,14H,8,16H2,1-2H3,(H,17,20)(H,18,19)/t14-/m0/s1. The van der Waals surface area contributed by atoms with Crippen molar-refractivity contribution >= 4 is 38.9 Å². The van der Waals surface area contributed by atoms with Gasteiger partial charge in [0.25, 0.3) is 0 Å². The van der Waals surface area contributed by atoms with E-state index in [0.717, 1.165) is 5.39 Å². The minimum atomic E-state index is -0.597. The second kappa shape index (κ2) is 6.69. The van der Waals surface area contributed by atoms with Gasteiger partial charge in [-0.05, 0) is 40.9 Å². The topological polar surface area (TPSA) is 84.2 Å². The first-order chi connectivity index (χ1) is 9.97. The van der Waals surface area contributed by atoms with Crippen LogP contribution < -0.4 is 16.4 Å². The van der Waals surface area contributed by atoms with Crippen LogP contribution in [0.3, 0.4) is 0 Å². The van der Waals surface area contributed by atoms with E-state index < -0.39 is 6.04 Å². The molecule has 112 valence electrons. The fourth-order valence-electron chi connectivity index (χ4n) is 1.84. The summed E-state index contributed by atoms with van der Waals surface area (Å²) in [6.07, 6.45) is 0. The van der Waals surface area contributed by atoms with E-state index in [-0.39, 0.29) is 24.3 Å². The molecule has 0 saturated heterocycles. The molecule has 0 saturated carbocycles. The molecule has 2 aromatic rings. The zero-order valence-corrected chi connectivity index (χ0v) is 12.9. The summed E-state index contributed by atoms with van der Waals surface area (Å²) in [5.41, 5.74) is 6.42. The first-order valence-electron chi connectivity index (χ1n) is 6.78. The highest BCUT2D eigenvalue weighted by Crippen LogP contribution is 2.23. The van der Waals surface area contributed by atoms with Gasteiger partial charge in [-0.15, -0.1) is 11.3 Å². The van der Waals surface area contributed by atoms with Crippen molar-refractivity contribution in [1.82, 2.24) is 5.32 Å². The Morgan fingerprint density at radius 2 is 2.05 bits per heavy atom. The summed E-state index contributed by atoms with van der Waals surface area (Å²) in [4.78, 5) is 23.5. The van der Waals surface area contributed by atoms with E-state index in [9.17, 15) is 9.59 Å². The Labute approximate surface area is 127 Å². The van der Waals surface area contributed by atoms with E-state index in [1.54, 1.807) is 11.3 Å². The van der Waals surface area contributed by atoms with Crippen LogP contribution in [0.15, 0.2) is 29.6 Å². The van der Waals surface area contributed by atoms with Crippen molar-refractivity contribution in [3.63, 3.8) is 0 Å². The molecule has 0 aliphatic heterocycles. The van der Waals surface area contributed by atoms with Gasteiger partial charge in [-0.1, -0.05) is 13.8 Å². The predicted molar refractivity (Wildman–Crippen MR) is 86.3 cm³/mol. The summed E-state index contributed by atoms with van der Waals surface area (Å²) >= 11 is 1.65. The fourth-order valence-corrected chi connectivity index (χ4v) is 2.61. The Balaban J connectivity index is 1.88. The molecule has 1 aromatic carbocycles. The van der Waals surface area contributed by atoms with Gasteiger partial charge in [-0.2, -0.15) is 0 Å². The Morgan fingerprint density at radius 3 is 2.76 bits per heavy atom. The van der Waals surface area contributed by atoms with Crippen molar-refractivity contribution in [2.24, 2.45) is 11.7 Å². The molecule has 4 N–H and O–H groups in total. The zero-order valence-electron chi connectivity index (χ0n) is 12.1. The lowest BCUT2D eigenvalue weighted by Gasteiger charge is -2.15. The van der Waals surface area contributed by atoms with E-state index in [1.165, 1.54) is 4.70 Å². The fraction of sp³-hybridized carbons (Fsp3) is 0.333. The Hall–Kier alpha value is -1.92. The van der Waals surface area contributed by atoms with Gasteiger partial charge in [0, 0.05) is 10.4 Å². The van der Waals surface area contributed by atoms with Crippen molar-refractivity contribution in [3.05, 3.63) is 29.6 Å². The number of thiophene rings is 1. The molecule has 0 unspecified atom stereocenters. The normalized spacial score (nSPS) is 12.4. The van der Waals surface area contributed by atoms with Crippen LogP contribution in [0.25, 0.3) is 10.1 Å². The van der Waals surface area contributed by atoms with Gasteiger partial charge < -0.3 is 16.4 Å². The average Bonchev–Trinajstić information content (AvgIpc) is 2.91. The van der Waals surface area contributed by atoms with Crippen LogP contribution in [-0.2, 0) is 9.59 Å². The third kappa shape index (κ3) is 4.03. The molecule has 1 heterocycles. The van der Waals surface area contributed by atoms with E-state index in [4.69, 9.17) is 5.73 Å². The zero-order chi connectivity index (χ0) is 15.4. The van der Waals surface area contributed by atoms with Crippen molar-refractivity contribution in [3.8, 4) is 0 Å². The first-order valence-corrected chi connectivity index (χ1v) is 7.65. The van der Waals surface area contributed by atoms with Crippen LogP contribution in [0, 0.1) is 5.92 Å². The number of amides is 2. The molecule has 21 heavy (non-hydrogen) atoms. The molecule has 0 radical (unpaired) electrons. The third-order valence-electron chi connectivity index (χ3n) is 3.18. The molecule has 0 spiro atoms. The van der Waals surface area contributed by atoms with Crippen LogP contribution in [0.1, 0.15) is 13.8 Å². The number of nitrogens with one attached hydrogen (secondary N) is 2. The Kier molecular flexibility index (Phi) is 4.93. The SMILES string of the molecule is CC(C)[C@H](N)C(=O)NCC(=O)Nc1ccc2sccc2c1. The van der Waals surface area contributed by atoms with Gasteiger partial charge >= 0.3 is 0 Å². The van der Waals surface area contributed by atoms with Gasteiger partial charge in [0.15, 0.2) is 0 Å². The number of fused-ring (bicyclic) bond motifs is 1. The lowest BCUT2D eigenvalue weighted by molar-refractivity contribution is -0.125. The lowest BCUT2D eigenvalue weighted by atomic mass is 10.1. The second-order valence-corrected chi connectivity index (χ2v) is 6.16. The smallest absolute Gasteiger partial charge is 0.243 e. The summed E-state index contributed by atoms with van der Waals surface area (Å²) in [5, 5.41) is 8.39. The van der Waals surface area contributed by atoms with Gasteiger partial charge in [0.2, 0.25) is 11.8 Å². The van der Waals surface area contributed by atoms with Gasteiger partial charge in [0.1, 0.15) is 0 Å². The van der Waals surface area contributed by atoms with Crippen molar-refractivity contribution in [1.29, 1.82) is 0 Å². The minimum Gasteiger partial charge on any atom is -0.346 e. The molecule has 0 aliphatic rings. The number of hydrogen-bond acceptors (Lipinski definition) is 4. The van der Waals surface area contributed by atoms with Crippen molar-refractivity contribution in [2.75, 3.05) is 11.9 Å². The maximum Gasteiger partial charge on any atom is 0.243 e. The van der Waals surface area contributed by atoms with Crippen LogP contribution in [0.4, 0.5) is 5.69 Å². The van der Waals surface area contributed by atoms with Crippen LogP contribution in [0.2, 0.25) is 0 Å². The number of carbonyl (C=O) groups excluding carboxylic acids is 2. The summed E-state index contributed by atoms with van der Waals surface area (Å²) in [5.74, 6) is -0.545. The van der Waals surface area contributed by atoms with Crippen molar-refractivity contribution in [2.45, 2.75) is 19.9 Å². The monoisotopic (exact) mass is 305 g/mol. The largest absolute Gasteiger partial charge is 0.346 e. The molecule has 2 amide bonds. The maximum atomic E-state index is 11.8. The van der Waals surface area contributed by atoms with E-state index >= 15 is 0 Å². The number of anilines is 1. The highest BCUT2D eigenvalue weighted by Gasteiger charge is 2.17. The molecule has 1 atom stereocenters. The van der Waals surface area contributed by atoms with E-state index in [2.05, 4.69) is 10.6 Å². The average molecular weight is 305 g/mol. The van der Waals surface area contributed by atoms with Crippen LogP contribution in [-0.4, -0.2) is 24.4 Å². The number of benzene rings is 1. The van der Waals surface area contributed by atoms with E-state index in [0.29, 0.717) is 5.69 Å². The summed E-state index contributed by atoms with van der Waals surface area (Å²) in [6.45, 7) is 3.64. The number of hydrogen-bond donors (Lipinski definition) is 3. The molecule has 1 aromatic heterocycles. The van der Waals surface area contributed by atoms with Gasteiger partial charge in [-0.3, -0.25) is 9.59 Å². The first kappa shape index (κ1) is 15.5. The predicted octanol–water partition coefficient (Wildman–Crippen LogP) is 1.94. The van der Waals surface area contributed by atoms with Gasteiger partial charge in [-0.25, -0.2) is 0 Å². The minimum absolute atomic E-state index is 0.0362. The molecule has 0 bridgehead atoms. The second-order valence-electron chi connectivity index (χ2n) is 5.21. The van der Waals surface area contributed by atoms with Gasteiger partial charge in [0.05, 0.1) is 12.6 Å². The number of carbonyl (C=O) groups is 2. The molecule has 0 fully saturated rings. The Bertz CT molecular complexity index is 651. The maximum absolute atomic E-state index is 11.8. The molecule has 2 rings (SSSR count). The number of nitrogens with two attached hydrogens (primary N) is 1. The molecular weight excluding hydrogens is 286 g/mol. The lowest BCUT2D eigenvalue weighted by Crippen LogP contribution is -2.46. The molecule has 6 heteroatoms. The highest BCUT2D eigenvalue weighted by atomic mass is 32.1. The quantitative estimate of drug-likeness (QED) is 0.789. The molecular formula is C15H19N3O2S. The van der Waals surface area contributed by atoms with Crippen LogP contribution >= 0.6 is 11.3 Å². The third-order valence-corrected chi connectivity index (χ3v) is 4.08. The highest BCUT2D eigenvalue weighted by molar-refractivity contribution is 7.17. The summed E-state index contributed by atoms with van der Waals surface area (Å²) in [7, 11) is 0. The molecule has 5 nitrogen and oxygen atoms in total.